The van der Waals surface area contributed by atoms with Gasteiger partial charge in [-0.3, -0.25) is 37.3 Å². The smallest absolute Gasteiger partial charge is 0.462 e. The Labute approximate surface area is 641 Å². The quantitative estimate of drug-likeness (QED) is 0.0169. The predicted molar refractivity (Wildman–Crippen MR) is 436 cm³/mol. The molecule has 19 heteroatoms. The maximum Gasteiger partial charge on any atom is 0.472 e. The van der Waals surface area contributed by atoms with E-state index in [1.165, 1.54) is 0 Å². The summed E-state index contributed by atoms with van der Waals surface area (Å²) in [6, 6.07) is 0. The van der Waals surface area contributed by atoms with E-state index in [2.05, 4.69) is 210 Å². The van der Waals surface area contributed by atoms with Gasteiger partial charge in [0.25, 0.3) is 0 Å². The summed E-state index contributed by atoms with van der Waals surface area (Å²) in [7, 11) is -10.0. The van der Waals surface area contributed by atoms with Crippen LogP contribution in [-0.4, -0.2) is 96.7 Å². The standard InChI is InChI=1S/C87H140O17P2/c1-5-9-13-17-21-25-29-33-37-39-40-42-46-48-52-56-60-64-68-72-85(90)98-78-83(104-87(92)74-70-66-62-58-54-50-44-36-32-28-24-20-16-12-8-4)80-102-106(95,96)100-76-81(88)75-99-105(93,94)101-79-82(103-86(91)73-69-65-61-57-53-49-43-35-31-27-23-19-15-11-7-3)77-97-84(89)71-67-63-59-55-51-47-45-41-38-34-30-26-22-18-14-10-6-2/h9-16,21-28,33-38,40,42-45,47-48,52,81-83,88H,5-8,17-20,29-32,39,41,46,49-51,53-80H2,1-4H3,(H,93,94)(H,95,96)/b13-9-,14-10-,15-11-,16-12-,25-21-,26-22-,27-23-,28-24-,37-33-,38-34-,42-40-,43-35-,44-36-,47-45-,52-48-. The van der Waals surface area contributed by atoms with Crippen LogP contribution in [0.4, 0.5) is 0 Å². The molecule has 0 radical (unpaired) electrons. The number of carbonyl (C=O) groups is 4. The zero-order valence-electron chi connectivity index (χ0n) is 65.5. The zero-order valence-corrected chi connectivity index (χ0v) is 67.3. The fourth-order valence-electron chi connectivity index (χ4n) is 9.91. The second-order valence-corrected chi connectivity index (χ2v) is 28.7. The number of aliphatic hydroxyl groups excluding tert-OH is 1. The fraction of sp³-hybridized carbons (Fsp3) is 0.609. The van der Waals surface area contributed by atoms with E-state index >= 15 is 0 Å². The Balaban J connectivity index is 5.46. The zero-order chi connectivity index (χ0) is 77.4. The maximum atomic E-state index is 13.1. The summed E-state index contributed by atoms with van der Waals surface area (Å²) in [5.74, 6) is -2.29. The number of allylic oxidation sites excluding steroid dienone is 30. The van der Waals surface area contributed by atoms with Crippen LogP contribution in [0.3, 0.4) is 0 Å². The first-order valence-electron chi connectivity index (χ1n) is 40.0. The summed E-state index contributed by atoms with van der Waals surface area (Å²) in [6.07, 6.45) is 93.0. The van der Waals surface area contributed by atoms with Gasteiger partial charge >= 0.3 is 39.5 Å². The van der Waals surface area contributed by atoms with Crippen molar-refractivity contribution in [3.05, 3.63) is 182 Å². The van der Waals surface area contributed by atoms with Gasteiger partial charge in [0.15, 0.2) is 12.2 Å². The van der Waals surface area contributed by atoms with Gasteiger partial charge in [0.05, 0.1) is 26.4 Å². The molecule has 0 aliphatic heterocycles. The molecule has 0 amide bonds. The lowest BCUT2D eigenvalue weighted by Crippen LogP contribution is -2.30. The summed E-state index contributed by atoms with van der Waals surface area (Å²) in [5.41, 5.74) is 0. The highest BCUT2D eigenvalue weighted by atomic mass is 31.2. The lowest BCUT2D eigenvalue weighted by molar-refractivity contribution is -0.161. The number of rotatable bonds is 73. The van der Waals surface area contributed by atoms with Crippen molar-refractivity contribution in [1.29, 1.82) is 0 Å². The van der Waals surface area contributed by atoms with E-state index in [1.54, 1.807) is 0 Å². The molecule has 106 heavy (non-hydrogen) atoms. The monoisotopic (exact) mass is 1520 g/mol. The van der Waals surface area contributed by atoms with Crippen molar-refractivity contribution in [1.82, 2.24) is 0 Å². The van der Waals surface area contributed by atoms with Gasteiger partial charge in [0.2, 0.25) is 0 Å². The molecule has 0 saturated heterocycles. The number of carbonyl (C=O) groups excluding carboxylic acids is 4. The van der Waals surface area contributed by atoms with Crippen molar-refractivity contribution < 1.29 is 80.2 Å². The first-order valence-corrected chi connectivity index (χ1v) is 43.0. The average Bonchev–Trinajstić information content (AvgIpc) is 0.909. The van der Waals surface area contributed by atoms with Crippen LogP contribution >= 0.6 is 15.6 Å². The van der Waals surface area contributed by atoms with E-state index in [0.717, 1.165) is 205 Å². The lowest BCUT2D eigenvalue weighted by atomic mass is 10.1. The summed E-state index contributed by atoms with van der Waals surface area (Å²) in [4.78, 5) is 73.1. The van der Waals surface area contributed by atoms with Crippen LogP contribution in [0.15, 0.2) is 182 Å². The molecule has 0 aliphatic carbocycles. The number of unbranched alkanes of at least 4 members (excludes halogenated alkanes) is 17. The molecular formula is C87H140O17P2. The van der Waals surface area contributed by atoms with Crippen molar-refractivity contribution in [3.63, 3.8) is 0 Å². The third-order valence-electron chi connectivity index (χ3n) is 15.9. The number of esters is 4. The molecule has 0 aliphatic rings. The fourth-order valence-corrected chi connectivity index (χ4v) is 11.5. The maximum absolute atomic E-state index is 13.1. The van der Waals surface area contributed by atoms with E-state index in [1.807, 2.05) is 0 Å². The van der Waals surface area contributed by atoms with E-state index < -0.39 is 97.5 Å². The van der Waals surface area contributed by atoms with Crippen molar-refractivity contribution in [3.8, 4) is 0 Å². The minimum atomic E-state index is -5.00. The third kappa shape index (κ3) is 76.4. The molecule has 0 aromatic heterocycles. The van der Waals surface area contributed by atoms with Crippen LogP contribution in [0.25, 0.3) is 0 Å². The summed E-state index contributed by atoms with van der Waals surface area (Å²) in [6.45, 7) is 4.30. The number of hydrogen-bond donors (Lipinski definition) is 3. The largest absolute Gasteiger partial charge is 0.472 e. The molecule has 0 heterocycles. The van der Waals surface area contributed by atoms with Gasteiger partial charge in [-0.05, 0) is 173 Å². The van der Waals surface area contributed by atoms with Crippen LogP contribution in [-0.2, 0) is 65.4 Å². The van der Waals surface area contributed by atoms with Gasteiger partial charge in [-0.2, -0.15) is 0 Å². The van der Waals surface area contributed by atoms with Crippen molar-refractivity contribution >= 4 is 39.5 Å². The number of aliphatic hydroxyl groups is 1. The second-order valence-electron chi connectivity index (χ2n) is 25.8. The molecule has 0 aromatic carbocycles. The Kier molecular flexibility index (Phi) is 73.1. The Morgan fingerprint density at radius 2 is 0.462 bits per heavy atom. The van der Waals surface area contributed by atoms with Crippen LogP contribution in [0.5, 0.6) is 0 Å². The minimum absolute atomic E-state index is 0.0600. The van der Waals surface area contributed by atoms with Crippen molar-refractivity contribution in [2.75, 3.05) is 39.6 Å². The Morgan fingerprint density at radius 3 is 0.717 bits per heavy atom. The SMILES string of the molecule is CC/C=C\C/C=C\C/C=C\C/C=C\C/C=C\CCCCCC(=O)OCC(COP(=O)(O)OCC(O)COP(=O)(O)OCC(COC(=O)CCCCCC/C=C\C/C=C\C/C=C\C/C=C\CC)OC(=O)CCCCCCC/C=C\C/C=C\C/C=C\CC)OC(=O)CCCCCCC/C=C\C/C=C\C/C=C\CC. The number of ether oxygens (including phenoxy) is 4. The number of phosphoric ester groups is 2. The summed E-state index contributed by atoms with van der Waals surface area (Å²) in [5, 5.41) is 10.6. The molecule has 0 aromatic rings. The molecule has 3 N–H and O–H groups in total. The highest BCUT2D eigenvalue weighted by molar-refractivity contribution is 7.47. The minimum Gasteiger partial charge on any atom is -0.462 e. The van der Waals surface area contributed by atoms with Gasteiger partial charge in [-0.1, -0.05) is 268 Å². The average molecular weight is 1520 g/mol. The molecule has 0 fully saturated rings. The van der Waals surface area contributed by atoms with Crippen LogP contribution in [0, 0.1) is 0 Å². The topological polar surface area (TPSA) is 237 Å². The molecule has 5 atom stereocenters. The van der Waals surface area contributed by atoms with Gasteiger partial charge in [0, 0.05) is 25.7 Å². The first-order chi connectivity index (χ1) is 51.7. The normalized spacial score (nSPS) is 14.8. The molecule has 5 unspecified atom stereocenters. The first kappa shape index (κ1) is 100. The van der Waals surface area contributed by atoms with E-state index in [0.29, 0.717) is 25.7 Å². The second kappa shape index (κ2) is 77.3. The number of hydrogen-bond acceptors (Lipinski definition) is 15. The van der Waals surface area contributed by atoms with Crippen LogP contribution < -0.4 is 0 Å². The number of phosphoric acid groups is 2. The Morgan fingerprint density at radius 1 is 0.264 bits per heavy atom. The molecule has 0 rings (SSSR count). The molecular weight excluding hydrogens is 1380 g/mol. The molecule has 0 saturated carbocycles. The van der Waals surface area contributed by atoms with Gasteiger partial charge < -0.3 is 33.8 Å². The van der Waals surface area contributed by atoms with Crippen molar-refractivity contribution in [2.24, 2.45) is 0 Å². The molecule has 600 valence electrons. The highest BCUT2D eigenvalue weighted by Crippen LogP contribution is 2.45. The van der Waals surface area contributed by atoms with E-state index in [-0.39, 0.29) is 25.7 Å². The molecule has 17 nitrogen and oxygen atoms in total. The van der Waals surface area contributed by atoms with Crippen molar-refractivity contribution in [2.45, 2.75) is 303 Å². The summed E-state index contributed by atoms with van der Waals surface area (Å²) >= 11 is 0. The third-order valence-corrected chi connectivity index (χ3v) is 17.8. The Bertz CT molecular complexity index is 2730. The summed E-state index contributed by atoms with van der Waals surface area (Å²) < 4.78 is 68.6. The highest BCUT2D eigenvalue weighted by Gasteiger charge is 2.30. The van der Waals surface area contributed by atoms with Gasteiger partial charge in [-0.15, -0.1) is 0 Å². The van der Waals surface area contributed by atoms with Crippen LogP contribution in [0.2, 0.25) is 0 Å². The predicted octanol–water partition coefficient (Wildman–Crippen LogP) is 23.6. The lowest BCUT2D eigenvalue weighted by Gasteiger charge is -2.21. The van der Waals surface area contributed by atoms with Gasteiger partial charge in [0.1, 0.15) is 19.3 Å². The van der Waals surface area contributed by atoms with Crippen LogP contribution in [0.1, 0.15) is 285 Å². The van der Waals surface area contributed by atoms with Gasteiger partial charge in [-0.25, -0.2) is 9.13 Å². The molecule has 0 spiro atoms. The molecule has 0 bridgehead atoms. The Hall–Kier alpha value is -5.84. The van der Waals surface area contributed by atoms with E-state index in [9.17, 15) is 43.2 Å². The van der Waals surface area contributed by atoms with E-state index in [4.69, 9.17) is 37.0 Å².